The van der Waals surface area contributed by atoms with Gasteiger partial charge in [0, 0.05) is 5.56 Å². The van der Waals surface area contributed by atoms with Crippen molar-refractivity contribution in [3.63, 3.8) is 0 Å². The van der Waals surface area contributed by atoms with Crippen LogP contribution >= 0.6 is 0 Å². The van der Waals surface area contributed by atoms with Gasteiger partial charge in [0.15, 0.2) is 5.78 Å². The molecule has 0 saturated carbocycles. The van der Waals surface area contributed by atoms with Gasteiger partial charge < -0.3 is 0 Å². The summed E-state index contributed by atoms with van der Waals surface area (Å²) in [5.74, 6) is -1.24. The number of Topliss-reactive ketones (excluding diaryl/α,β-unsaturated/α-hetero) is 1. The number of rotatable bonds is 1. The first-order chi connectivity index (χ1) is 8.37. The molecule has 1 aliphatic carbocycles. The lowest BCUT2D eigenvalue weighted by atomic mass is 10.0. The molecule has 2 nitrogen and oxygen atoms in total. The predicted octanol–water partition coefficient (Wildman–Crippen LogP) is 3.25. The van der Waals surface area contributed by atoms with Gasteiger partial charge in [0.1, 0.15) is 11.9 Å². The van der Waals surface area contributed by atoms with Crippen molar-refractivity contribution in [3.05, 3.63) is 35.1 Å². The molecule has 0 saturated heterocycles. The summed E-state index contributed by atoms with van der Waals surface area (Å²) in [5, 5.41) is 0. The Bertz CT molecular complexity index is 468. The third-order valence-corrected chi connectivity index (χ3v) is 2.81. The van der Waals surface area contributed by atoms with Crippen LogP contribution in [0.4, 0.5) is 17.6 Å². The van der Waals surface area contributed by atoms with Crippen molar-refractivity contribution in [2.24, 2.45) is 0 Å². The number of carbonyl (C=O) groups is 1. The van der Waals surface area contributed by atoms with E-state index in [1.807, 2.05) is 0 Å². The van der Waals surface area contributed by atoms with E-state index in [4.69, 9.17) is 0 Å². The van der Waals surface area contributed by atoms with Crippen LogP contribution in [-0.2, 0) is 11.2 Å². The van der Waals surface area contributed by atoms with Crippen LogP contribution in [0.1, 0.15) is 28.8 Å². The molecule has 0 spiro atoms. The van der Waals surface area contributed by atoms with Crippen molar-refractivity contribution in [2.45, 2.75) is 31.7 Å². The molecule has 1 aromatic carbocycles. The van der Waals surface area contributed by atoms with Crippen LogP contribution in [0, 0.1) is 5.82 Å². The summed E-state index contributed by atoms with van der Waals surface area (Å²) in [5.41, 5.74) is 0.552. The zero-order valence-corrected chi connectivity index (χ0v) is 9.26. The van der Waals surface area contributed by atoms with Gasteiger partial charge in [0.25, 0.3) is 0 Å². The van der Waals surface area contributed by atoms with Crippen LogP contribution in [0.2, 0.25) is 0 Å². The Balaban J connectivity index is 2.29. The van der Waals surface area contributed by atoms with Crippen LogP contribution in [0.25, 0.3) is 0 Å². The molecule has 0 aromatic heterocycles. The molecular formula is C12H10F4O2. The van der Waals surface area contributed by atoms with E-state index in [9.17, 15) is 22.4 Å². The van der Waals surface area contributed by atoms with E-state index in [1.54, 1.807) is 0 Å². The van der Waals surface area contributed by atoms with Crippen LogP contribution in [-0.4, -0.2) is 18.2 Å². The van der Waals surface area contributed by atoms with Gasteiger partial charge in [0.05, 0.1) is 0 Å². The van der Waals surface area contributed by atoms with Crippen molar-refractivity contribution in [1.82, 2.24) is 0 Å². The summed E-state index contributed by atoms with van der Waals surface area (Å²) in [4.78, 5) is 11.9. The van der Waals surface area contributed by atoms with E-state index in [0.717, 1.165) is 6.07 Å². The first-order valence-electron chi connectivity index (χ1n) is 5.44. The highest BCUT2D eigenvalue weighted by Crippen LogP contribution is 2.28. The van der Waals surface area contributed by atoms with Crippen molar-refractivity contribution in [2.75, 3.05) is 0 Å². The molecule has 1 aliphatic rings. The maximum Gasteiger partial charge on any atom is 0.523 e. The summed E-state index contributed by atoms with van der Waals surface area (Å²) in [7, 11) is 0. The van der Waals surface area contributed by atoms with Gasteiger partial charge in [-0.1, -0.05) is 0 Å². The Morgan fingerprint density at radius 1 is 1.28 bits per heavy atom. The molecule has 0 aliphatic heterocycles. The van der Waals surface area contributed by atoms with Crippen LogP contribution in [0.15, 0.2) is 18.2 Å². The maximum absolute atomic E-state index is 13.0. The van der Waals surface area contributed by atoms with Crippen LogP contribution in [0.5, 0.6) is 0 Å². The van der Waals surface area contributed by atoms with Gasteiger partial charge in [-0.05, 0) is 43.0 Å². The molecule has 6 heteroatoms. The minimum Gasteiger partial charge on any atom is -0.291 e. The van der Waals surface area contributed by atoms with Gasteiger partial charge in [-0.25, -0.2) is 4.39 Å². The third kappa shape index (κ3) is 2.87. The second kappa shape index (κ2) is 4.68. The van der Waals surface area contributed by atoms with Crippen LogP contribution in [0.3, 0.4) is 0 Å². The smallest absolute Gasteiger partial charge is 0.291 e. The molecule has 0 radical (unpaired) electrons. The molecule has 1 aromatic rings. The Labute approximate surface area is 101 Å². The fraction of sp³-hybridized carbons (Fsp3) is 0.417. The average Bonchev–Trinajstić information content (AvgIpc) is 2.38. The molecule has 2 rings (SSSR count). The number of alkyl halides is 3. The number of halogens is 4. The predicted molar refractivity (Wildman–Crippen MR) is 54.6 cm³/mol. The first kappa shape index (κ1) is 13.0. The topological polar surface area (TPSA) is 26.3 Å². The Morgan fingerprint density at radius 2 is 2.00 bits per heavy atom. The maximum atomic E-state index is 13.0. The highest BCUT2D eigenvalue weighted by Gasteiger charge is 2.38. The number of ether oxygens (including phenoxy) is 1. The van der Waals surface area contributed by atoms with E-state index in [0.29, 0.717) is 18.4 Å². The lowest BCUT2D eigenvalue weighted by Gasteiger charge is -2.16. The summed E-state index contributed by atoms with van der Waals surface area (Å²) >= 11 is 0. The van der Waals surface area contributed by atoms with Gasteiger partial charge >= 0.3 is 6.36 Å². The van der Waals surface area contributed by atoms with Gasteiger partial charge in [-0.3, -0.25) is 9.53 Å². The van der Waals surface area contributed by atoms with Gasteiger partial charge in [-0.15, -0.1) is 13.2 Å². The third-order valence-electron chi connectivity index (χ3n) is 2.81. The number of hydrogen-bond donors (Lipinski definition) is 0. The Morgan fingerprint density at radius 3 is 2.67 bits per heavy atom. The second-order valence-corrected chi connectivity index (χ2v) is 4.11. The zero-order chi connectivity index (χ0) is 13.3. The van der Waals surface area contributed by atoms with Gasteiger partial charge in [-0.2, -0.15) is 0 Å². The number of fused-ring (bicyclic) bond motifs is 1. The zero-order valence-electron chi connectivity index (χ0n) is 9.26. The summed E-state index contributed by atoms with van der Waals surface area (Å²) in [6, 6.07) is 3.46. The lowest BCUT2D eigenvalue weighted by Crippen LogP contribution is -2.30. The van der Waals surface area contributed by atoms with Crippen molar-refractivity contribution < 1.29 is 27.1 Å². The van der Waals surface area contributed by atoms with Crippen molar-refractivity contribution >= 4 is 5.78 Å². The molecule has 1 unspecified atom stereocenters. The van der Waals surface area contributed by atoms with E-state index in [1.165, 1.54) is 12.1 Å². The monoisotopic (exact) mass is 262 g/mol. The molecule has 98 valence electrons. The minimum atomic E-state index is -4.84. The SMILES string of the molecule is O=C1c2ccc(F)cc2CCCC1OC(F)(F)F. The first-order valence-corrected chi connectivity index (χ1v) is 5.44. The molecule has 0 fully saturated rings. The summed E-state index contributed by atoms with van der Waals surface area (Å²) < 4.78 is 53.3. The Hall–Kier alpha value is -1.43. The van der Waals surface area contributed by atoms with E-state index < -0.39 is 24.1 Å². The highest BCUT2D eigenvalue weighted by atomic mass is 19.4. The molecule has 0 amide bonds. The second-order valence-electron chi connectivity index (χ2n) is 4.11. The van der Waals surface area contributed by atoms with Crippen molar-refractivity contribution in [1.29, 1.82) is 0 Å². The fourth-order valence-corrected chi connectivity index (χ4v) is 2.07. The number of carbonyl (C=O) groups excluding carboxylic acids is 1. The standard InChI is InChI=1S/C12H10F4O2/c13-8-4-5-9-7(6-8)2-1-3-10(11(9)17)18-12(14,15)16/h4-6,10H,1-3H2. The normalized spacial score (nSPS) is 20.4. The molecular weight excluding hydrogens is 252 g/mol. The number of ketones is 1. The fourth-order valence-electron chi connectivity index (χ4n) is 2.07. The minimum absolute atomic E-state index is 0.0192. The van der Waals surface area contributed by atoms with E-state index in [-0.39, 0.29) is 12.0 Å². The summed E-state index contributed by atoms with van der Waals surface area (Å²) in [6.45, 7) is 0. The molecule has 0 N–H and O–H groups in total. The lowest BCUT2D eigenvalue weighted by molar-refractivity contribution is -0.335. The Kier molecular flexibility index (Phi) is 3.38. The quantitative estimate of drug-likeness (QED) is 0.573. The number of benzene rings is 1. The summed E-state index contributed by atoms with van der Waals surface area (Å²) in [6.07, 6.45) is -5.67. The molecule has 18 heavy (non-hydrogen) atoms. The number of hydrogen-bond acceptors (Lipinski definition) is 2. The largest absolute Gasteiger partial charge is 0.523 e. The molecule has 0 heterocycles. The molecule has 1 atom stereocenters. The average molecular weight is 262 g/mol. The van der Waals surface area contributed by atoms with E-state index >= 15 is 0 Å². The van der Waals surface area contributed by atoms with Gasteiger partial charge in [0.2, 0.25) is 0 Å². The highest BCUT2D eigenvalue weighted by molar-refractivity contribution is 6.01. The van der Waals surface area contributed by atoms with E-state index in [2.05, 4.69) is 4.74 Å². The molecule has 0 bridgehead atoms. The van der Waals surface area contributed by atoms with Crippen molar-refractivity contribution in [3.8, 4) is 0 Å². The number of aryl methyl sites for hydroxylation is 1. The van der Waals surface area contributed by atoms with Crippen LogP contribution < -0.4 is 0 Å².